The van der Waals surface area contributed by atoms with Crippen LogP contribution in [0, 0.1) is 23.6 Å². The molecule has 1 fully saturated rings. The summed E-state index contributed by atoms with van der Waals surface area (Å²) in [4.78, 5) is 4.74. The van der Waals surface area contributed by atoms with Crippen LogP contribution in [-0.4, -0.2) is 37.1 Å². The van der Waals surface area contributed by atoms with Crippen LogP contribution in [0.5, 0.6) is 0 Å². The van der Waals surface area contributed by atoms with E-state index in [0.29, 0.717) is 35.2 Å². The lowest BCUT2D eigenvalue weighted by molar-refractivity contribution is 0.114. The minimum atomic E-state index is -0.210. The number of nitrogen functional groups attached to an aromatic ring is 1. The molecule has 3 nitrogen and oxygen atoms in total. The lowest BCUT2D eigenvalue weighted by Crippen LogP contribution is -2.46. The molecule has 1 aliphatic heterocycles. The third-order valence-corrected chi connectivity index (χ3v) is 5.66. The molecule has 4 heteroatoms. The molecule has 146 valence electrons. The average molecular weight is 362 g/mol. The number of nitrogens with zero attached hydrogens (tertiary/aromatic N) is 2. The molecule has 2 unspecified atom stereocenters. The smallest absolute Gasteiger partial charge is 0.148 e. The zero-order valence-corrected chi connectivity index (χ0v) is 16.9. The van der Waals surface area contributed by atoms with Crippen molar-refractivity contribution in [1.82, 2.24) is 4.90 Å². The third kappa shape index (κ3) is 5.23. The van der Waals surface area contributed by atoms with E-state index in [9.17, 15) is 4.39 Å². The van der Waals surface area contributed by atoms with Crippen LogP contribution in [0.2, 0.25) is 0 Å². The summed E-state index contributed by atoms with van der Waals surface area (Å²) in [5, 5.41) is 0. The monoisotopic (exact) mass is 361 g/mol. The molecule has 1 aromatic carbocycles. The molecule has 0 bridgehead atoms. The van der Waals surface area contributed by atoms with Gasteiger partial charge in [0.05, 0.1) is 11.4 Å². The number of piperidine rings is 1. The molecule has 0 spiro atoms. The van der Waals surface area contributed by atoms with Gasteiger partial charge in [0.1, 0.15) is 5.82 Å². The van der Waals surface area contributed by atoms with E-state index in [1.54, 1.807) is 12.1 Å². The molecule has 0 radical (unpaired) electrons. The van der Waals surface area contributed by atoms with E-state index in [1.807, 2.05) is 6.08 Å². The highest BCUT2D eigenvalue weighted by Gasteiger charge is 2.29. The molecular weight excluding hydrogens is 325 g/mol. The van der Waals surface area contributed by atoms with E-state index in [1.165, 1.54) is 6.07 Å². The van der Waals surface area contributed by atoms with Gasteiger partial charge in [0, 0.05) is 32.2 Å². The first kappa shape index (κ1) is 20.8. The number of halogens is 1. The molecule has 1 aliphatic rings. The van der Waals surface area contributed by atoms with Crippen LogP contribution in [0.4, 0.5) is 15.8 Å². The predicted octanol–water partition coefficient (Wildman–Crippen LogP) is 4.79. The minimum Gasteiger partial charge on any atom is -0.397 e. The predicted molar refractivity (Wildman–Crippen MR) is 111 cm³/mol. The third-order valence-electron chi connectivity index (χ3n) is 5.66. The van der Waals surface area contributed by atoms with Crippen molar-refractivity contribution in [2.75, 3.05) is 36.8 Å². The maximum absolute atomic E-state index is 14.2. The summed E-state index contributed by atoms with van der Waals surface area (Å²) in [6.07, 6.45) is 4.20. The van der Waals surface area contributed by atoms with Gasteiger partial charge in [-0.05, 0) is 49.7 Å². The first-order valence-corrected chi connectivity index (χ1v) is 9.99. The Bertz CT molecular complexity index is 559. The molecule has 26 heavy (non-hydrogen) atoms. The summed E-state index contributed by atoms with van der Waals surface area (Å²) in [5.74, 6) is 1.56. The second kappa shape index (κ2) is 9.40. The molecule has 0 saturated carbocycles. The maximum atomic E-state index is 14.2. The largest absolute Gasteiger partial charge is 0.397 e. The topological polar surface area (TPSA) is 32.5 Å². The highest BCUT2D eigenvalue weighted by Crippen LogP contribution is 2.32. The minimum absolute atomic E-state index is 0.210. The Balaban J connectivity index is 2.01. The van der Waals surface area contributed by atoms with Gasteiger partial charge < -0.3 is 10.6 Å². The number of nitrogens with two attached hydrogens (primary N) is 1. The summed E-state index contributed by atoms with van der Waals surface area (Å²) in [5.41, 5.74) is 7.14. The normalized spacial score (nSPS) is 18.3. The van der Waals surface area contributed by atoms with Crippen molar-refractivity contribution < 1.29 is 4.39 Å². The van der Waals surface area contributed by atoms with Crippen molar-refractivity contribution in [2.24, 2.45) is 17.8 Å². The Morgan fingerprint density at radius 2 is 1.88 bits per heavy atom. The lowest BCUT2D eigenvalue weighted by Gasteiger charge is -2.42. The van der Waals surface area contributed by atoms with Gasteiger partial charge in [-0.2, -0.15) is 0 Å². The van der Waals surface area contributed by atoms with Crippen molar-refractivity contribution in [2.45, 2.75) is 46.6 Å². The number of hydrogen-bond donors (Lipinski definition) is 1. The molecule has 1 aromatic rings. The SMILES string of the molecule is C=CC(C)CN(CC(C)C)C(C)C1CCN(c2c(N)cccc2F)CC1. The molecule has 1 saturated heterocycles. The zero-order valence-electron chi connectivity index (χ0n) is 16.9. The first-order valence-electron chi connectivity index (χ1n) is 9.99. The van der Waals surface area contributed by atoms with Crippen molar-refractivity contribution in [1.29, 1.82) is 0 Å². The van der Waals surface area contributed by atoms with Crippen molar-refractivity contribution in [3.05, 3.63) is 36.7 Å². The number of para-hydroxylation sites is 1. The lowest BCUT2D eigenvalue weighted by atomic mass is 9.88. The van der Waals surface area contributed by atoms with E-state index in [4.69, 9.17) is 5.73 Å². The Kier molecular flexibility index (Phi) is 7.51. The standard InChI is InChI=1S/C22H36FN3/c1-6-17(4)15-26(14-16(2)3)18(5)19-10-12-25(13-11-19)22-20(23)8-7-9-21(22)24/h6-9,16-19H,1,10-15,24H2,2-5H3. The summed E-state index contributed by atoms with van der Waals surface area (Å²) < 4.78 is 14.2. The molecule has 0 aromatic heterocycles. The average Bonchev–Trinajstić information content (AvgIpc) is 2.60. The summed E-state index contributed by atoms with van der Waals surface area (Å²) in [7, 11) is 0. The van der Waals surface area contributed by atoms with Crippen LogP contribution < -0.4 is 10.6 Å². The van der Waals surface area contributed by atoms with E-state index >= 15 is 0 Å². The van der Waals surface area contributed by atoms with Gasteiger partial charge in [0.2, 0.25) is 0 Å². The number of benzene rings is 1. The maximum Gasteiger partial charge on any atom is 0.148 e. The fourth-order valence-electron chi connectivity index (χ4n) is 4.09. The van der Waals surface area contributed by atoms with Crippen LogP contribution >= 0.6 is 0 Å². The van der Waals surface area contributed by atoms with Crippen molar-refractivity contribution in [3.63, 3.8) is 0 Å². The quantitative estimate of drug-likeness (QED) is 0.533. The summed E-state index contributed by atoms with van der Waals surface area (Å²) in [6, 6.07) is 5.49. The molecular formula is C22H36FN3. The molecule has 0 aliphatic carbocycles. The van der Waals surface area contributed by atoms with Crippen LogP contribution in [0.3, 0.4) is 0 Å². The molecule has 2 atom stereocenters. The van der Waals surface area contributed by atoms with Crippen LogP contribution in [0.1, 0.15) is 40.5 Å². The van der Waals surface area contributed by atoms with Crippen LogP contribution in [0.15, 0.2) is 30.9 Å². The molecule has 0 amide bonds. The van der Waals surface area contributed by atoms with Gasteiger partial charge in [-0.15, -0.1) is 6.58 Å². The fraction of sp³-hybridized carbons (Fsp3) is 0.636. The molecule has 2 rings (SSSR count). The highest BCUT2D eigenvalue weighted by atomic mass is 19.1. The van der Waals surface area contributed by atoms with Gasteiger partial charge in [0.15, 0.2) is 0 Å². The Labute approximate surface area is 159 Å². The second-order valence-corrected chi connectivity index (χ2v) is 8.30. The highest BCUT2D eigenvalue weighted by molar-refractivity contribution is 5.68. The Hall–Kier alpha value is -1.55. The number of hydrogen-bond acceptors (Lipinski definition) is 3. The van der Waals surface area contributed by atoms with E-state index in [-0.39, 0.29) is 5.82 Å². The van der Waals surface area contributed by atoms with Gasteiger partial charge in [-0.25, -0.2) is 4.39 Å². The fourth-order valence-corrected chi connectivity index (χ4v) is 4.09. The number of anilines is 2. The number of rotatable bonds is 8. The van der Waals surface area contributed by atoms with Crippen LogP contribution in [0.25, 0.3) is 0 Å². The Morgan fingerprint density at radius 3 is 2.42 bits per heavy atom. The molecule has 1 heterocycles. The van der Waals surface area contributed by atoms with Gasteiger partial charge in [-0.1, -0.05) is 32.9 Å². The van der Waals surface area contributed by atoms with Crippen molar-refractivity contribution >= 4 is 11.4 Å². The van der Waals surface area contributed by atoms with Gasteiger partial charge in [0.25, 0.3) is 0 Å². The van der Waals surface area contributed by atoms with E-state index in [0.717, 1.165) is 39.0 Å². The molecule has 2 N–H and O–H groups in total. The van der Waals surface area contributed by atoms with Gasteiger partial charge >= 0.3 is 0 Å². The van der Waals surface area contributed by atoms with E-state index < -0.39 is 0 Å². The van der Waals surface area contributed by atoms with Crippen molar-refractivity contribution in [3.8, 4) is 0 Å². The van der Waals surface area contributed by atoms with E-state index in [2.05, 4.69) is 44.1 Å². The first-order chi connectivity index (χ1) is 12.3. The Morgan fingerprint density at radius 1 is 1.23 bits per heavy atom. The van der Waals surface area contributed by atoms with Gasteiger partial charge in [-0.3, -0.25) is 4.90 Å². The summed E-state index contributed by atoms with van der Waals surface area (Å²) >= 11 is 0. The second-order valence-electron chi connectivity index (χ2n) is 8.30. The van der Waals surface area contributed by atoms with Crippen LogP contribution in [-0.2, 0) is 0 Å². The summed E-state index contributed by atoms with van der Waals surface area (Å²) in [6.45, 7) is 17.0. The zero-order chi connectivity index (χ0) is 19.3.